The Kier molecular flexibility index (Phi) is 9.50. The molecule has 2 heterocycles. The molecule has 12 heteroatoms. The molecule has 2 N–H and O–H groups in total. The highest BCUT2D eigenvalue weighted by Gasteiger charge is 2.51. The fourth-order valence-corrected chi connectivity index (χ4v) is 8.53. The number of anilines is 1. The number of aliphatic hydroxyl groups is 1. The first kappa shape index (κ1) is 37.3. The van der Waals surface area contributed by atoms with Crippen LogP contribution in [0.1, 0.15) is 70.1 Å². The quantitative estimate of drug-likeness (QED) is 0.0480. The Hall–Kier alpha value is -6.01. The van der Waals surface area contributed by atoms with E-state index in [2.05, 4.69) is 42.7 Å². The molecule has 0 spiro atoms. The number of para-hydroxylation sites is 1. The van der Waals surface area contributed by atoms with Gasteiger partial charge in [-0.1, -0.05) is 68.5 Å². The van der Waals surface area contributed by atoms with Gasteiger partial charge in [0.1, 0.15) is 6.54 Å². The SMILES string of the molecule is CC1(C)C(=CC2C(=O)C(=CC3=[N+](CCCCCC(=O)O)c4c(ccc5ccccc45)C3(C)C)C2O)N(Cc2cc([N+](=O)[O-])cc([N+](=O)[O-])c2)c2ccccc21. The number of rotatable bonds is 12. The molecule has 7 rings (SSSR count). The molecule has 2 aliphatic heterocycles. The van der Waals surface area contributed by atoms with Crippen molar-refractivity contribution in [2.45, 2.75) is 76.9 Å². The van der Waals surface area contributed by atoms with Crippen LogP contribution in [-0.2, 0) is 27.0 Å². The summed E-state index contributed by atoms with van der Waals surface area (Å²) in [5, 5.41) is 46.5. The summed E-state index contributed by atoms with van der Waals surface area (Å²) in [5.41, 5.74) is 4.22. The molecule has 4 aromatic rings. The third-order valence-corrected chi connectivity index (χ3v) is 11.4. The van der Waals surface area contributed by atoms with E-state index in [0.717, 1.165) is 57.9 Å². The van der Waals surface area contributed by atoms with Crippen molar-refractivity contribution in [3.8, 4) is 0 Å². The molecule has 55 heavy (non-hydrogen) atoms. The van der Waals surface area contributed by atoms with Crippen LogP contribution in [0.25, 0.3) is 10.8 Å². The standard InChI is InChI=1S/C43H42N4O8/c1-42(2)33-14-9-10-15-35(33)45(25-26-20-28(46(52)53)22-29(21-26)47(54)55)37(42)24-32-40(50)31(41(32)51)23-36-43(3,4)34-18-17-27-12-7-8-13-30(27)39(34)44(36)19-11-5-6-16-38(48)49/h7-10,12-15,17-18,20-24,32,40,50H,5-6,11,16,19,25H2,1-4H3/p+1. The molecule has 0 amide bonds. The predicted octanol–water partition coefficient (Wildman–Crippen LogP) is 8.05. The van der Waals surface area contributed by atoms with Crippen LogP contribution in [0.15, 0.2) is 102 Å². The number of nitrogens with zero attached hydrogens (tertiary/aromatic N) is 4. The number of aliphatic carboxylic acids is 1. The third-order valence-electron chi connectivity index (χ3n) is 11.4. The summed E-state index contributed by atoms with van der Waals surface area (Å²) in [4.78, 5) is 49.3. The molecule has 0 aromatic heterocycles. The molecular formula is C43H43N4O8+. The number of ketones is 1. The fourth-order valence-electron chi connectivity index (χ4n) is 8.53. The van der Waals surface area contributed by atoms with Crippen molar-refractivity contribution in [1.29, 1.82) is 0 Å². The van der Waals surface area contributed by atoms with E-state index in [1.54, 1.807) is 6.08 Å². The number of carboxylic acid groups (broad SMARTS) is 1. The summed E-state index contributed by atoms with van der Waals surface area (Å²) >= 11 is 0. The molecular weight excluding hydrogens is 700 g/mol. The van der Waals surface area contributed by atoms with Gasteiger partial charge in [-0.05, 0) is 55.3 Å². The summed E-state index contributed by atoms with van der Waals surface area (Å²) in [6, 6.07) is 23.6. The summed E-state index contributed by atoms with van der Waals surface area (Å²) in [5.74, 6) is -1.91. The van der Waals surface area contributed by atoms with E-state index in [0.29, 0.717) is 29.8 Å². The van der Waals surface area contributed by atoms with Gasteiger partial charge in [0.15, 0.2) is 11.5 Å². The first-order valence-electron chi connectivity index (χ1n) is 18.5. The van der Waals surface area contributed by atoms with Crippen molar-refractivity contribution in [2.75, 3.05) is 11.4 Å². The van der Waals surface area contributed by atoms with Crippen molar-refractivity contribution in [1.82, 2.24) is 0 Å². The number of non-ortho nitro benzene ring substituents is 2. The number of hydrogen-bond acceptors (Lipinski definition) is 8. The van der Waals surface area contributed by atoms with Crippen LogP contribution >= 0.6 is 0 Å². The fraction of sp³-hybridized carbons (Fsp3) is 0.326. The van der Waals surface area contributed by atoms with Crippen molar-refractivity contribution >= 4 is 51.0 Å². The number of carboxylic acids is 1. The number of unbranched alkanes of at least 4 members (excludes halogenated alkanes) is 2. The maximum absolute atomic E-state index is 14.2. The number of hydrogen-bond donors (Lipinski definition) is 2. The van der Waals surface area contributed by atoms with Crippen LogP contribution in [0.3, 0.4) is 0 Å². The van der Waals surface area contributed by atoms with Crippen LogP contribution in [0, 0.1) is 26.1 Å². The summed E-state index contributed by atoms with van der Waals surface area (Å²) in [6.45, 7) is 8.91. The van der Waals surface area contributed by atoms with Gasteiger partial charge < -0.3 is 15.1 Å². The van der Waals surface area contributed by atoms with Crippen LogP contribution in [0.2, 0.25) is 0 Å². The molecule has 3 aliphatic rings. The monoisotopic (exact) mass is 743 g/mol. The maximum Gasteiger partial charge on any atom is 0.303 e. The lowest BCUT2D eigenvalue weighted by Gasteiger charge is -2.35. The lowest BCUT2D eigenvalue weighted by Crippen LogP contribution is -2.46. The lowest BCUT2D eigenvalue weighted by atomic mass is 9.71. The number of Topliss-reactive ketones (excluding diaryl/α,β-unsaturated/α-hetero) is 1. The second-order valence-electron chi connectivity index (χ2n) is 15.6. The zero-order valence-corrected chi connectivity index (χ0v) is 31.2. The van der Waals surface area contributed by atoms with E-state index in [4.69, 9.17) is 5.11 Å². The lowest BCUT2D eigenvalue weighted by molar-refractivity contribution is -0.436. The minimum Gasteiger partial charge on any atom is -0.481 e. The number of nitro benzene ring substituents is 2. The number of carbonyl (C=O) groups excluding carboxylic acids is 1. The van der Waals surface area contributed by atoms with E-state index in [1.165, 1.54) is 12.1 Å². The second kappa shape index (κ2) is 14.0. The number of carbonyl (C=O) groups is 2. The number of nitro groups is 2. The van der Waals surface area contributed by atoms with Crippen LogP contribution in [-0.4, -0.2) is 54.7 Å². The van der Waals surface area contributed by atoms with E-state index in [1.807, 2.05) is 61.2 Å². The van der Waals surface area contributed by atoms with Crippen molar-refractivity contribution in [3.05, 3.63) is 139 Å². The van der Waals surface area contributed by atoms with Gasteiger partial charge in [0.05, 0.1) is 38.7 Å². The Morgan fingerprint density at radius 1 is 0.873 bits per heavy atom. The molecule has 4 aromatic carbocycles. The topological polar surface area (TPSA) is 167 Å². The Bertz CT molecular complexity index is 2360. The van der Waals surface area contributed by atoms with Crippen LogP contribution in [0.5, 0.6) is 0 Å². The normalized spacial score (nSPS) is 20.9. The number of benzene rings is 4. The summed E-state index contributed by atoms with van der Waals surface area (Å²) in [7, 11) is 0. The Balaban J connectivity index is 1.26. The molecule has 12 nitrogen and oxygen atoms in total. The molecule has 0 radical (unpaired) electrons. The number of allylic oxidation sites excluding steroid dienone is 2. The van der Waals surface area contributed by atoms with Crippen LogP contribution in [0.4, 0.5) is 22.7 Å². The zero-order chi connectivity index (χ0) is 39.4. The van der Waals surface area contributed by atoms with Gasteiger partial charge in [-0.25, -0.2) is 0 Å². The van der Waals surface area contributed by atoms with E-state index >= 15 is 0 Å². The summed E-state index contributed by atoms with van der Waals surface area (Å²) in [6.07, 6.45) is 4.64. The summed E-state index contributed by atoms with van der Waals surface area (Å²) < 4.78 is 2.23. The van der Waals surface area contributed by atoms with Crippen LogP contribution < -0.4 is 4.90 Å². The molecule has 1 aliphatic carbocycles. The van der Waals surface area contributed by atoms with Crippen molar-refractivity contribution in [3.63, 3.8) is 0 Å². The van der Waals surface area contributed by atoms with Crippen molar-refractivity contribution < 1.29 is 34.2 Å². The highest BCUT2D eigenvalue weighted by atomic mass is 16.6. The van der Waals surface area contributed by atoms with Crippen molar-refractivity contribution in [2.24, 2.45) is 5.92 Å². The number of aliphatic hydroxyl groups excluding tert-OH is 1. The van der Waals surface area contributed by atoms with Gasteiger partial charge in [0, 0.05) is 65.5 Å². The second-order valence-corrected chi connectivity index (χ2v) is 15.6. The first-order valence-corrected chi connectivity index (χ1v) is 18.5. The van der Waals surface area contributed by atoms with Gasteiger partial charge in [-0.15, -0.1) is 0 Å². The van der Waals surface area contributed by atoms with E-state index < -0.39 is 50.0 Å². The van der Waals surface area contributed by atoms with Gasteiger partial charge in [-0.3, -0.25) is 29.8 Å². The van der Waals surface area contributed by atoms with Gasteiger partial charge in [-0.2, -0.15) is 4.58 Å². The highest BCUT2D eigenvalue weighted by molar-refractivity contribution is 6.15. The predicted molar refractivity (Wildman–Crippen MR) is 209 cm³/mol. The van der Waals surface area contributed by atoms with Gasteiger partial charge in [0.25, 0.3) is 11.4 Å². The average Bonchev–Trinajstić information content (AvgIpc) is 3.50. The van der Waals surface area contributed by atoms with E-state index in [-0.39, 0.29) is 18.7 Å². The first-order chi connectivity index (χ1) is 26.1. The molecule has 1 fully saturated rings. The van der Waals surface area contributed by atoms with E-state index in [9.17, 15) is 34.9 Å². The minimum absolute atomic E-state index is 0.0637. The van der Waals surface area contributed by atoms with Gasteiger partial charge in [0.2, 0.25) is 5.69 Å². The Morgan fingerprint density at radius 3 is 2.22 bits per heavy atom. The minimum atomic E-state index is -1.11. The Morgan fingerprint density at radius 2 is 1.55 bits per heavy atom. The highest BCUT2D eigenvalue weighted by Crippen LogP contribution is 2.50. The average molecular weight is 744 g/mol. The zero-order valence-electron chi connectivity index (χ0n) is 31.2. The smallest absolute Gasteiger partial charge is 0.303 e. The molecule has 0 bridgehead atoms. The number of fused-ring (bicyclic) bond motifs is 4. The molecule has 1 saturated carbocycles. The molecule has 2 unspecified atom stereocenters. The Labute approximate surface area is 318 Å². The molecule has 0 saturated heterocycles. The maximum atomic E-state index is 14.2. The third kappa shape index (κ3) is 6.50. The molecule has 282 valence electrons. The molecule has 2 atom stereocenters. The largest absolute Gasteiger partial charge is 0.481 e. The van der Waals surface area contributed by atoms with Gasteiger partial charge >= 0.3 is 5.97 Å².